The zero-order valence-corrected chi connectivity index (χ0v) is 14.1. The van der Waals surface area contributed by atoms with Crippen molar-refractivity contribution in [3.8, 4) is 24.7 Å². The van der Waals surface area contributed by atoms with Crippen LogP contribution in [0, 0.1) is 30.1 Å². The van der Waals surface area contributed by atoms with E-state index in [1.807, 2.05) is 0 Å². The molecular formula is C20H20O4. The van der Waals surface area contributed by atoms with Gasteiger partial charge in [0.25, 0.3) is 0 Å². The average molecular weight is 324 g/mol. The van der Waals surface area contributed by atoms with E-state index in [2.05, 4.69) is 11.8 Å². The van der Waals surface area contributed by atoms with Gasteiger partial charge in [-0.05, 0) is 30.5 Å². The number of carbonyl (C=O) groups is 2. The minimum absolute atomic E-state index is 0.0566. The summed E-state index contributed by atoms with van der Waals surface area (Å²) in [6, 6.07) is 7.10. The minimum atomic E-state index is -1.55. The van der Waals surface area contributed by atoms with E-state index >= 15 is 0 Å². The Balaban J connectivity index is 3.45. The number of hydrogen-bond acceptors (Lipinski definition) is 4. The van der Waals surface area contributed by atoms with Crippen LogP contribution < -0.4 is 0 Å². The number of benzene rings is 1. The van der Waals surface area contributed by atoms with Crippen LogP contribution in [0.15, 0.2) is 35.9 Å². The Morgan fingerprint density at radius 3 is 2.25 bits per heavy atom. The van der Waals surface area contributed by atoms with E-state index in [9.17, 15) is 9.59 Å². The van der Waals surface area contributed by atoms with Crippen molar-refractivity contribution in [2.24, 2.45) is 5.41 Å². The number of terminal acetylenes is 2. The normalized spacial score (nSPS) is 11.1. The molecule has 0 aliphatic carbocycles. The molecule has 4 nitrogen and oxygen atoms in total. The lowest BCUT2D eigenvalue weighted by atomic mass is 9.77. The Morgan fingerprint density at radius 2 is 1.75 bits per heavy atom. The van der Waals surface area contributed by atoms with Gasteiger partial charge in [0.15, 0.2) is 5.41 Å². The molecule has 0 aliphatic heterocycles. The van der Waals surface area contributed by atoms with Crippen LogP contribution in [0.5, 0.6) is 0 Å². The molecule has 0 bridgehead atoms. The van der Waals surface area contributed by atoms with Crippen LogP contribution >= 0.6 is 0 Å². The number of methoxy groups -OCH3 is 2. The summed E-state index contributed by atoms with van der Waals surface area (Å²) in [5.41, 5.74) is 0.349. The summed E-state index contributed by atoms with van der Waals surface area (Å²) < 4.78 is 9.76. The number of rotatable bonds is 6. The van der Waals surface area contributed by atoms with Crippen LogP contribution in [0.25, 0.3) is 0 Å². The number of ether oxygens (including phenoxy) is 2. The lowest BCUT2D eigenvalue weighted by Gasteiger charge is -2.27. The van der Waals surface area contributed by atoms with Gasteiger partial charge in [-0.15, -0.1) is 12.8 Å². The van der Waals surface area contributed by atoms with Crippen molar-refractivity contribution in [3.05, 3.63) is 47.0 Å². The maximum absolute atomic E-state index is 12.5. The third kappa shape index (κ3) is 4.06. The van der Waals surface area contributed by atoms with Crippen molar-refractivity contribution in [1.29, 1.82) is 0 Å². The highest BCUT2D eigenvalue weighted by molar-refractivity contribution is 6.00. The predicted molar refractivity (Wildman–Crippen MR) is 91.8 cm³/mol. The maximum Gasteiger partial charge on any atom is 0.323 e. The lowest BCUT2D eigenvalue weighted by molar-refractivity contribution is -0.168. The summed E-state index contributed by atoms with van der Waals surface area (Å²) in [5, 5.41) is 0. The highest BCUT2D eigenvalue weighted by Crippen LogP contribution is 2.33. The van der Waals surface area contributed by atoms with Gasteiger partial charge in [-0.2, -0.15) is 0 Å². The fraction of sp³-hybridized carbons (Fsp3) is 0.300. The second-order valence-electron chi connectivity index (χ2n) is 5.28. The Morgan fingerprint density at radius 1 is 1.17 bits per heavy atom. The highest BCUT2D eigenvalue weighted by Gasteiger charge is 2.48. The maximum atomic E-state index is 12.5. The minimum Gasteiger partial charge on any atom is -0.468 e. The highest BCUT2D eigenvalue weighted by atomic mass is 16.5. The fourth-order valence-electron chi connectivity index (χ4n) is 2.38. The summed E-state index contributed by atoms with van der Waals surface area (Å²) in [5.74, 6) is 3.63. The first-order valence-corrected chi connectivity index (χ1v) is 7.30. The van der Waals surface area contributed by atoms with Gasteiger partial charge in [0.05, 0.1) is 14.2 Å². The Kier molecular flexibility index (Phi) is 6.83. The van der Waals surface area contributed by atoms with Crippen molar-refractivity contribution in [2.45, 2.75) is 19.8 Å². The molecule has 0 heterocycles. The zero-order valence-electron chi connectivity index (χ0n) is 14.1. The second kappa shape index (κ2) is 8.60. The summed E-state index contributed by atoms with van der Waals surface area (Å²) >= 11 is 0. The topological polar surface area (TPSA) is 52.6 Å². The van der Waals surface area contributed by atoms with Gasteiger partial charge in [0, 0.05) is 12.0 Å². The molecule has 0 radical (unpaired) electrons. The predicted octanol–water partition coefficient (Wildman–Crippen LogP) is 2.51. The van der Waals surface area contributed by atoms with Crippen LogP contribution in [0.4, 0.5) is 0 Å². The van der Waals surface area contributed by atoms with Gasteiger partial charge >= 0.3 is 11.9 Å². The third-order valence-electron chi connectivity index (χ3n) is 3.80. The summed E-state index contributed by atoms with van der Waals surface area (Å²) in [6.07, 6.45) is 12.6. The fourth-order valence-corrected chi connectivity index (χ4v) is 2.38. The van der Waals surface area contributed by atoms with Gasteiger partial charge < -0.3 is 9.47 Å². The molecule has 124 valence electrons. The molecule has 1 rings (SSSR count). The molecule has 1 aromatic rings. The van der Waals surface area contributed by atoms with E-state index in [1.165, 1.54) is 14.2 Å². The molecule has 0 unspecified atom stereocenters. The number of esters is 2. The van der Waals surface area contributed by atoms with Gasteiger partial charge in [-0.3, -0.25) is 9.59 Å². The van der Waals surface area contributed by atoms with E-state index < -0.39 is 17.4 Å². The first-order valence-electron chi connectivity index (χ1n) is 7.30. The van der Waals surface area contributed by atoms with Crippen molar-refractivity contribution in [2.75, 3.05) is 14.2 Å². The van der Waals surface area contributed by atoms with Crippen LogP contribution in [0.3, 0.4) is 0 Å². The molecule has 0 saturated carbocycles. The van der Waals surface area contributed by atoms with Crippen molar-refractivity contribution < 1.29 is 19.1 Å². The summed E-state index contributed by atoms with van der Waals surface area (Å²) in [4.78, 5) is 25.0. The molecule has 24 heavy (non-hydrogen) atoms. The second-order valence-corrected chi connectivity index (χ2v) is 5.28. The number of carbonyl (C=O) groups excluding carboxylic acids is 2. The SMILES string of the molecule is C#C/C(C)=C/CC(Cc1ccccc1C#C)(C(=O)OC)C(=O)OC. The van der Waals surface area contributed by atoms with Gasteiger partial charge in [0.2, 0.25) is 0 Å². The van der Waals surface area contributed by atoms with E-state index in [1.54, 1.807) is 37.3 Å². The molecule has 0 fully saturated rings. The van der Waals surface area contributed by atoms with Crippen molar-refractivity contribution in [1.82, 2.24) is 0 Å². The molecule has 0 atom stereocenters. The summed E-state index contributed by atoms with van der Waals surface area (Å²) in [6.45, 7) is 1.72. The van der Waals surface area contributed by atoms with Crippen LogP contribution in [-0.4, -0.2) is 26.2 Å². The molecular weight excluding hydrogens is 304 g/mol. The molecule has 0 aliphatic rings. The standard InChI is InChI=1S/C20H20O4/c1-6-15(3)12-13-20(18(21)23-4,19(22)24-5)14-17-11-9-8-10-16(17)7-2/h1-2,8-12H,13-14H2,3-5H3/b15-12+. The molecule has 0 saturated heterocycles. The van der Waals surface area contributed by atoms with Gasteiger partial charge in [0.1, 0.15) is 0 Å². The smallest absolute Gasteiger partial charge is 0.323 e. The monoisotopic (exact) mass is 324 g/mol. The Labute approximate surface area is 142 Å². The Hall–Kier alpha value is -2.98. The first kappa shape index (κ1) is 19.1. The third-order valence-corrected chi connectivity index (χ3v) is 3.80. The number of hydrogen-bond donors (Lipinski definition) is 0. The van der Waals surface area contributed by atoms with Gasteiger partial charge in [-0.25, -0.2) is 0 Å². The molecule has 0 aromatic heterocycles. The summed E-state index contributed by atoms with van der Waals surface area (Å²) in [7, 11) is 2.45. The van der Waals surface area contributed by atoms with E-state index in [0.717, 1.165) is 0 Å². The van der Waals surface area contributed by atoms with Crippen LogP contribution in [-0.2, 0) is 25.5 Å². The average Bonchev–Trinajstić information content (AvgIpc) is 2.63. The van der Waals surface area contributed by atoms with Crippen molar-refractivity contribution >= 4 is 11.9 Å². The van der Waals surface area contributed by atoms with Crippen LogP contribution in [0.2, 0.25) is 0 Å². The number of allylic oxidation sites excluding steroid dienone is 2. The molecule has 0 N–H and O–H groups in total. The first-order chi connectivity index (χ1) is 11.4. The zero-order chi connectivity index (χ0) is 18.2. The van der Waals surface area contributed by atoms with E-state index in [0.29, 0.717) is 16.7 Å². The molecule has 0 amide bonds. The van der Waals surface area contributed by atoms with E-state index in [4.69, 9.17) is 22.3 Å². The molecule has 1 aromatic carbocycles. The lowest BCUT2D eigenvalue weighted by Crippen LogP contribution is -2.43. The van der Waals surface area contributed by atoms with Gasteiger partial charge in [-0.1, -0.05) is 36.1 Å². The van der Waals surface area contributed by atoms with Crippen molar-refractivity contribution in [3.63, 3.8) is 0 Å². The Bertz CT molecular complexity index is 713. The molecule has 4 heteroatoms. The quantitative estimate of drug-likeness (QED) is 0.458. The molecule has 0 spiro atoms. The largest absolute Gasteiger partial charge is 0.468 e. The van der Waals surface area contributed by atoms with Crippen LogP contribution in [0.1, 0.15) is 24.5 Å². The van der Waals surface area contributed by atoms with E-state index in [-0.39, 0.29) is 12.8 Å².